The van der Waals surface area contributed by atoms with E-state index >= 15 is 0 Å². The first-order valence-electron chi connectivity index (χ1n) is 25.8. The SMILES string of the molecule is [2H]c1cc([2H])c2c(c1[2H])c1c([2H])c([2H])c([2H])c([2H])c1n2-c1ccccc1-c1nc(-c2cccc(-c3cccc(-c4cccc(-c5ccccc5)c4)c3)c2)nc(-c2cccc(-c3cccc4c3sc3ccccc34)c2)n1. The van der Waals surface area contributed by atoms with Crippen molar-refractivity contribution in [3.63, 3.8) is 0 Å². The number of thiophene rings is 1. The van der Waals surface area contributed by atoms with Crippen LogP contribution in [0, 0.1) is 0 Å². The van der Waals surface area contributed by atoms with E-state index in [0.29, 0.717) is 22.9 Å². The molecule has 0 aliphatic heterocycles. The summed E-state index contributed by atoms with van der Waals surface area (Å²) in [5.74, 6) is 1.07. The molecule has 5 heteroatoms. The summed E-state index contributed by atoms with van der Waals surface area (Å²) in [5, 5.41) is 2.55. The Hall–Kier alpha value is -8.77. The van der Waals surface area contributed by atoms with Gasteiger partial charge in [0.2, 0.25) is 0 Å². The van der Waals surface area contributed by atoms with Crippen LogP contribution in [0.2, 0.25) is 0 Å². The van der Waals surface area contributed by atoms with Gasteiger partial charge in [-0.15, -0.1) is 11.3 Å². The van der Waals surface area contributed by atoms with Gasteiger partial charge in [0.05, 0.1) is 26.3 Å². The maximum Gasteiger partial charge on any atom is 0.166 e. The van der Waals surface area contributed by atoms with Gasteiger partial charge in [0, 0.05) is 47.6 Å². The second-order valence-electron chi connectivity index (χ2n) is 16.6. The molecule has 0 aliphatic carbocycles. The first kappa shape index (κ1) is 32.8. The standard InChI is InChI=1S/C63H40N4S/c1-2-17-41(18-3-1)42-19-12-20-43(37-42)44-21-13-22-45(38-44)46-23-14-25-48(39-46)61-64-62(49-26-15-24-47(40-49)50-31-16-32-54-53-29-7-11-36-59(53)68-60(50)54)66-63(65-61)55-30-6-10-35-58(55)67-56-33-8-4-27-51(56)52-28-5-9-34-57(52)67/h1-40H/i4D,5D,8D,27D,28D,33D,34D. The summed E-state index contributed by atoms with van der Waals surface area (Å²) in [6, 6.07) is 65.0. The molecule has 3 aromatic heterocycles. The Balaban J connectivity index is 1.01. The highest BCUT2D eigenvalue weighted by atomic mass is 32.1. The van der Waals surface area contributed by atoms with Crippen molar-refractivity contribution in [2.24, 2.45) is 0 Å². The summed E-state index contributed by atoms with van der Waals surface area (Å²) in [5.41, 5.74) is 11.1. The molecular weight excluding hydrogens is 845 g/mol. The Morgan fingerprint density at radius 3 is 1.56 bits per heavy atom. The van der Waals surface area contributed by atoms with Crippen LogP contribution in [0.4, 0.5) is 0 Å². The van der Waals surface area contributed by atoms with Gasteiger partial charge in [-0.3, -0.25) is 0 Å². The van der Waals surface area contributed by atoms with Crippen molar-refractivity contribution in [1.82, 2.24) is 19.5 Å². The van der Waals surface area contributed by atoms with Crippen LogP contribution in [0.15, 0.2) is 242 Å². The quantitative estimate of drug-likeness (QED) is 0.153. The number of fused-ring (bicyclic) bond motifs is 6. The molecule has 3 heterocycles. The van der Waals surface area contributed by atoms with Crippen LogP contribution in [-0.2, 0) is 0 Å². The Kier molecular flexibility index (Phi) is 8.00. The van der Waals surface area contributed by atoms with Gasteiger partial charge in [0.1, 0.15) is 0 Å². The molecule has 0 N–H and O–H groups in total. The molecule has 0 atom stereocenters. The van der Waals surface area contributed by atoms with E-state index in [1.807, 2.05) is 60.7 Å². The van der Waals surface area contributed by atoms with Crippen LogP contribution < -0.4 is 0 Å². The van der Waals surface area contributed by atoms with E-state index in [0.717, 1.165) is 55.6 Å². The van der Waals surface area contributed by atoms with Crippen LogP contribution in [-0.4, -0.2) is 19.5 Å². The number of benzene rings is 10. The molecule has 4 nitrogen and oxygen atoms in total. The first-order valence-corrected chi connectivity index (χ1v) is 23.2. The zero-order chi connectivity index (χ0) is 51.1. The van der Waals surface area contributed by atoms with E-state index in [2.05, 4.69) is 127 Å². The van der Waals surface area contributed by atoms with Crippen molar-refractivity contribution >= 4 is 53.3 Å². The number of para-hydroxylation sites is 3. The van der Waals surface area contributed by atoms with E-state index in [-0.39, 0.29) is 57.8 Å². The van der Waals surface area contributed by atoms with Gasteiger partial charge in [0.15, 0.2) is 17.5 Å². The molecule has 0 spiro atoms. The Morgan fingerprint density at radius 2 is 0.824 bits per heavy atom. The molecule has 0 saturated heterocycles. The predicted molar refractivity (Wildman–Crippen MR) is 285 cm³/mol. The lowest BCUT2D eigenvalue weighted by atomic mass is 9.95. The molecule has 0 fully saturated rings. The lowest BCUT2D eigenvalue weighted by molar-refractivity contribution is 1.06. The predicted octanol–water partition coefficient (Wildman–Crippen LogP) is 17.0. The Morgan fingerprint density at radius 1 is 0.338 bits per heavy atom. The number of nitrogens with zero attached hydrogens (tertiary/aromatic N) is 4. The van der Waals surface area contributed by atoms with Crippen LogP contribution in [0.1, 0.15) is 9.60 Å². The smallest absolute Gasteiger partial charge is 0.166 e. The number of rotatable bonds is 8. The Bertz CT molecular complexity index is 4470. The number of hydrogen-bond acceptors (Lipinski definition) is 4. The van der Waals surface area contributed by atoms with Crippen LogP contribution in [0.3, 0.4) is 0 Å². The van der Waals surface area contributed by atoms with E-state index in [1.54, 1.807) is 22.0 Å². The average Bonchev–Trinajstić information content (AvgIpc) is 4.06. The van der Waals surface area contributed by atoms with Crippen molar-refractivity contribution in [3.8, 4) is 84.4 Å². The summed E-state index contributed by atoms with van der Waals surface area (Å²) in [6.07, 6.45) is 0. The number of hydrogen-bond donors (Lipinski definition) is 0. The molecule has 0 amide bonds. The third-order valence-corrected chi connectivity index (χ3v) is 13.8. The monoisotopic (exact) mass is 891 g/mol. The summed E-state index contributed by atoms with van der Waals surface area (Å²) in [4.78, 5) is 15.7. The summed E-state index contributed by atoms with van der Waals surface area (Å²) >= 11 is 1.76. The maximum absolute atomic E-state index is 9.26. The largest absolute Gasteiger partial charge is 0.309 e. The highest BCUT2D eigenvalue weighted by Gasteiger charge is 2.20. The molecule has 0 radical (unpaired) electrons. The van der Waals surface area contributed by atoms with Gasteiger partial charge in [-0.25, -0.2) is 15.0 Å². The highest BCUT2D eigenvalue weighted by Crippen LogP contribution is 2.42. The minimum atomic E-state index is -0.468. The van der Waals surface area contributed by atoms with E-state index in [9.17, 15) is 2.74 Å². The van der Waals surface area contributed by atoms with Gasteiger partial charge in [0.25, 0.3) is 0 Å². The highest BCUT2D eigenvalue weighted by molar-refractivity contribution is 7.26. The zero-order valence-corrected chi connectivity index (χ0v) is 37.1. The summed E-state index contributed by atoms with van der Waals surface area (Å²) < 4.78 is 66.6. The molecule has 0 saturated carbocycles. The van der Waals surface area contributed by atoms with Gasteiger partial charge in [-0.05, 0) is 99.1 Å². The van der Waals surface area contributed by atoms with Crippen LogP contribution in [0.25, 0.3) is 126 Å². The molecule has 0 unspecified atom stereocenters. The first-order chi connectivity index (χ1) is 36.6. The van der Waals surface area contributed by atoms with E-state index in [1.165, 1.54) is 26.2 Å². The van der Waals surface area contributed by atoms with Crippen molar-refractivity contribution in [2.75, 3.05) is 0 Å². The molecular formula is C63H40N4S. The van der Waals surface area contributed by atoms with Gasteiger partial charge in [-0.1, -0.05) is 188 Å². The zero-order valence-electron chi connectivity index (χ0n) is 43.2. The lowest BCUT2D eigenvalue weighted by Gasteiger charge is -2.15. The van der Waals surface area contributed by atoms with Gasteiger partial charge >= 0.3 is 0 Å². The molecule has 0 bridgehead atoms. The Labute approximate surface area is 407 Å². The van der Waals surface area contributed by atoms with E-state index < -0.39 is 12.1 Å². The third-order valence-electron chi connectivity index (χ3n) is 12.6. The minimum Gasteiger partial charge on any atom is -0.309 e. The molecule has 13 rings (SSSR count). The molecule has 318 valence electrons. The van der Waals surface area contributed by atoms with Gasteiger partial charge < -0.3 is 4.57 Å². The van der Waals surface area contributed by atoms with Crippen LogP contribution in [0.5, 0.6) is 0 Å². The maximum atomic E-state index is 9.26. The topological polar surface area (TPSA) is 43.6 Å². The van der Waals surface area contributed by atoms with Crippen molar-refractivity contribution in [1.29, 1.82) is 0 Å². The van der Waals surface area contributed by atoms with E-state index in [4.69, 9.17) is 21.8 Å². The fraction of sp³-hybridized carbons (Fsp3) is 0. The van der Waals surface area contributed by atoms with Crippen LogP contribution >= 0.6 is 11.3 Å². The normalized spacial score (nSPS) is 13.0. The average molecular weight is 892 g/mol. The molecule has 0 aliphatic rings. The molecule has 10 aromatic carbocycles. The minimum absolute atomic E-state index is 0.0608. The van der Waals surface area contributed by atoms with Crippen molar-refractivity contribution in [2.45, 2.75) is 0 Å². The third kappa shape index (κ3) is 6.96. The second-order valence-corrected chi connectivity index (χ2v) is 17.7. The lowest BCUT2D eigenvalue weighted by Crippen LogP contribution is -2.03. The fourth-order valence-electron chi connectivity index (χ4n) is 9.35. The summed E-state index contributed by atoms with van der Waals surface area (Å²) in [6.45, 7) is 0. The number of aromatic nitrogens is 4. The van der Waals surface area contributed by atoms with Crippen molar-refractivity contribution in [3.05, 3.63) is 242 Å². The fourth-order valence-corrected chi connectivity index (χ4v) is 10.6. The summed E-state index contributed by atoms with van der Waals surface area (Å²) in [7, 11) is 0. The molecule has 13 aromatic rings. The van der Waals surface area contributed by atoms with Crippen molar-refractivity contribution < 1.29 is 9.60 Å². The van der Waals surface area contributed by atoms with Gasteiger partial charge in [-0.2, -0.15) is 0 Å². The second kappa shape index (κ2) is 16.6. The molecule has 68 heavy (non-hydrogen) atoms.